The lowest BCUT2D eigenvalue weighted by atomic mass is 10.2. The highest BCUT2D eigenvalue weighted by Gasteiger charge is 2.13. The van der Waals surface area contributed by atoms with E-state index >= 15 is 0 Å². The third-order valence-electron chi connectivity index (χ3n) is 2.00. The van der Waals surface area contributed by atoms with Gasteiger partial charge < -0.3 is 0 Å². The molecule has 2 aromatic rings. The molecule has 0 aliphatic carbocycles. The van der Waals surface area contributed by atoms with Crippen LogP contribution < -0.4 is 0 Å². The molecule has 0 amide bonds. The van der Waals surface area contributed by atoms with Gasteiger partial charge in [-0.2, -0.15) is 10.5 Å². The summed E-state index contributed by atoms with van der Waals surface area (Å²) in [5.74, 6) is -0.469. The first-order valence-corrected chi connectivity index (χ1v) is 4.73. The van der Waals surface area contributed by atoms with Gasteiger partial charge in [0.05, 0.1) is 24.8 Å². The van der Waals surface area contributed by atoms with Gasteiger partial charge in [0, 0.05) is 0 Å². The molecule has 2 rings (SSSR count). The molecular formula is C11H4N6O. The van der Waals surface area contributed by atoms with E-state index in [-0.39, 0.29) is 22.8 Å². The van der Waals surface area contributed by atoms with Gasteiger partial charge in [-0.1, -0.05) is 0 Å². The van der Waals surface area contributed by atoms with E-state index in [2.05, 4.69) is 19.9 Å². The van der Waals surface area contributed by atoms with Crippen molar-refractivity contribution < 1.29 is 4.79 Å². The Kier molecular flexibility index (Phi) is 2.99. The topological polar surface area (TPSA) is 116 Å². The lowest BCUT2D eigenvalue weighted by molar-refractivity contribution is 0.102. The van der Waals surface area contributed by atoms with Crippen LogP contribution in [0.25, 0.3) is 0 Å². The monoisotopic (exact) mass is 236 g/mol. The molecule has 0 unspecified atom stereocenters. The number of aromatic nitrogens is 4. The second kappa shape index (κ2) is 4.76. The van der Waals surface area contributed by atoms with Crippen molar-refractivity contribution in [2.24, 2.45) is 0 Å². The Morgan fingerprint density at radius 1 is 0.833 bits per heavy atom. The SMILES string of the molecule is N#Cc1cnc(C(=O)c2cnc(C#N)cn2)cn1. The number of carbonyl (C=O) groups excluding carboxylic acids is 1. The summed E-state index contributed by atoms with van der Waals surface area (Å²) in [5.41, 5.74) is 0.371. The highest BCUT2D eigenvalue weighted by Crippen LogP contribution is 2.03. The highest BCUT2D eigenvalue weighted by molar-refractivity contribution is 6.05. The molecule has 0 saturated heterocycles. The first-order chi connectivity index (χ1) is 8.74. The van der Waals surface area contributed by atoms with Crippen molar-refractivity contribution in [2.75, 3.05) is 0 Å². The van der Waals surface area contributed by atoms with E-state index in [0.717, 1.165) is 0 Å². The molecule has 0 aliphatic rings. The van der Waals surface area contributed by atoms with Crippen LogP contribution in [0.15, 0.2) is 24.8 Å². The van der Waals surface area contributed by atoms with Crippen molar-refractivity contribution in [3.8, 4) is 12.1 Å². The van der Waals surface area contributed by atoms with Crippen LogP contribution >= 0.6 is 0 Å². The maximum absolute atomic E-state index is 11.9. The molecule has 7 heteroatoms. The molecule has 84 valence electrons. The van der Waals surface area contributed by atoms with Gasteiger partial charge in [-0.15, -0.1) is 0 Å². The third kappa shape index (κ3) is 2.15. The van der Waals surface area contributed by atoms with E-state index in [9.17, 15) is 4.79 Å². The predicted octanol–water partition coefficient (Wildman–Crippen LogP) is 0.241. The van der Waals surface area contributed by atoms with Crippen LogP contribution in [0.1, 0.15) is 27.6 Å². The largest absolute Gasteiger partial charge is 0.285 e. The van der Waals surface area contributed by atoms with Gasteiger partial charge in [0.25, 0.3) is 0 Å². The summed E-state index contributed by atoms with van der Waals surface area (Å²) in [7, 11) is 0. The molecule has 0 bridgehead atoms. The van der Waals surface area contributed by atoms with Gasteiger partial charge in [0.2, 0.25) is 5.78 Å². The minimum Gasteiger partial charge on any atom is -0.285 e. The third-order valence-corrected chi connectivity index (χ3v) is 2.00. The smallest absolute Gasteiger partial charge is 0.232 e. The zero-order chi connectivity index (χ0) is 13.0. The minimum absolute atomic E-state index is 0.0630. The summed E-state index contributed by atoms with van der Waals surface area (Å²) in [4.78, 5) is 26.9. The average molecular weight is 236 g/mol. The molecule has 0 saturated carbocycles. The Hall–Kier alpha value is -3.19. The standard InChI is InChI=1S/C11H4N6O/c12-1-7-3-16-9(5-14-7)11(18)10-6-15-8(2-13)4-17-10/h3-6H. The fourth-order valence-electron chi connectivity index (χ4n) is 1.14. The number of nitriles is 2. The van der Waals surface area contributed by atoms with Gasteiger partial charge in [-0.25, -0.2) is 19.9 Å². The van der Waals surface area contributed by atoms with Gasteiger partial charge >= 0.3 is 0 Å². The lowest BCUT2D eigenvalue weighted by Gasteiger charge is -1.98. The molecule has 0 radical (unpaired) electrons. The molecule has 0 N–H and O–H groups in total. The Balaban J connectivity index is 2.30. The molecule has 0 spiro atoms. The summed E-state index contributed by atoms with van der Waals surface area (Å²) in [6.07, 6.45) is 4.79. The number of hydrogen-bond acceptors (Lipinski definition) is 7. The van der Waals surface area contributed by atoms with E-state index in [4.69, 9.17) is 10.5 Å². The first-order valence-electron chi connectivity index (χ1n) is 4.73. The van der Waals surface area contributed by atoms with Gasteiger partial charge in [0.1, 0.15) is 23.5 Å². The maximum Gasteiger partial charge on any atom is 0.232 e. The predicted molar refractivity (Wildman–Crippen MR) is 56.9 cm³/mol. The molecule has 0 fully saturated rings. The molecule has 0 aliphatic heterocycles. The fraction of sp³-hybridized carbons (Fsp3) is 0. The summed E-state index contributed by atoms with van der Waals surface area (Å²) in [6, 6.07) is 3.60. The van der Waals surface area contributed by atoms with Crippen LogP contribution in [0.3, 0.4) is 0 Å². The lowest BCUT2D eigenvalue weighted by Crippen LogP contribution is -2.08. The van der Waals surface area contributed by atoms with E-state index in [1.54, 1.807) is 12.1 Å². The van der Waals surface area contributed by atoms with Crippen molar-refractivity contribution in [3.05, 3.63) is 47.6 Å². The summed E-state index contributed by atoms with van der Waals surface area (Å²) in [5, 5.41) is 17.1. The van der Waals surface area contributed by atoms with Crippen molar-refractivity contribution in [3.63, 3.8) is 0 Å². The summed E-state index contributed by atoms with van der Waals surface area (Å²) < 4.78 is 0. The van der Waals surface area contributed by atoms with Gasteiger partial charge in [-0.05, 0) is 0 Å². The van der Waals surface area contributed by atoms with Crippen molar-refractivity contribution in [2.45, 2.75) is 0 Å². The highest BCUT2D eigenvalue weighted by atomic mass is 16.1. The van der Waals surface area contributed by atoms with E-state index in [1.165, 1.54) is 24.8 Å². The number of nitrogens with zero attached hydrogens (tertiary/aromatic N) is 6. The van der Waals surface area contributed by atoms with Crippen LogP contribution in [0.4, 0.5) is 0 Å². The fourth-order valence-corrected chi connectivity index (χ4v) is 1.14. The molecule has 2 heterocycles. The first kappa shape index (κ1) is 11.3. The Morgan fingerprint density at radius 3 is 1.56 bits per heavy atom. The Labute approximate surface area is 101 Å². The van der Waals surface area contributed by atoms with Gasteiger partial charge in [0.15, 0.2) is 11.4 Å². The van der Waals surface area contributed by atoms with E-state index in [1.807, 2.05) is 0 Å². The zero-order valence-electron chi connectivity index (χ0n) is 8.90. The van der Waals surface area contributed by atoms with E-state index in [0.29, 0.717) is 0 Å². The second-order valence-corrected chi connectivity index (χ2v) is 3.13. The molecule has 18 heavy (non-hydrogen) atoms. The van der Waals surface area contributed by atoms with Crippen molar-refractivity contribution in [1.29, 1.82) is 10.5 Å². The van der Waals surface area contributed by atoms with Crippen molar-refractivity contribution >= 4 is 5.78 Å². The normalized spacial score (nSPS) is 9.22. The van der Waals surface area contributed by atoms with Crippen LogP contribution in [-0.4, -0.2) is 25.7 Å². The molecule has 2 aromatic heterocycles. The Bertz CT molecular complexity index is 603. The van der Waals surface area contributed by atoms with E-state index < -0.39 is 5.78 Å². The maximum atomic E-state index is 11.9. The molecule has 7 nitrogen and oxygen atoms in total. The number of rotatable bonds is 2. The number of ketones is 1. The van der Waals surface area contributed by atoms with Crippen LogP contribution in [0.5, 0.6) is 0 Å². The molecule has 0 atom stereocenters. The number of hydrogen-bond donors (Lipinski definition) is 0. The Morgan fingerprint density at radius 2 is 1.28 bits per heavy atom. The second-order valence-electron chi connectivity index (χ2n) is 3.13. The summed E-state index contributed by atoms with van der Waals surface area (Å²) >= 11 is 0. The quantitative estimate of drug-likeness (QED) is 0.685. The van der Waals surface area contributed by atoms with Crippen molar-refractivity contribution in [1.82, 2.24) is 19.9 Å². The van der Waals surface area contributed by atoms with Crippen LogP contribution in [-0.2, 0) is 0 Å². The minimum atomic E-state index is -0.469. The average Bonchev–Trinajstić information content (AvgIpc) is 2.47. The zero-order valence-corrected chi connectivity index (χ0v) is 8.90. The van der Waals surface area contributed by atoms with Crippen LogP contribution in [0, 0.1) is 22.7 Å². The molecule has 0 aromatic carbocycles. The molecular weight excluding hydrogens is 232 g/mol. The van der Waals surface area contributed by atoms with Crippen LogP contribution in [0.2, 0.25) is 0 Å². The number of carbonyl (C=O) groups is 1. The summed E-state index contributed by atoms with van der Waals surface area (Å²) in [6.45, 7) is 0. The van der Waals surface area contributed by atoms with Gasteiger partial charge in [-0.3, -0.25) is 4.79 Å².